The molecule has 1 aromatic carbocycles. The summed E-state index contributed by atoms with van der Waals surface area (Å²) in [5.74, 6) is 0. The first-order valence-corrected chi connectivity index (χ1v) is 7.39. The van der Waals surface area contributed by atoms with Gasteiger partial charge in [0, 0.05) is 6.54 Å². The normalized spacial score (nSPS) is 23.5. The van der Waals surface area contributed by atoms with Gasteiger partial charge in [0.15, 0.2) is 0 Å². The van der Waals surface area contributed by atoms with Crippen LogP contribution in [0.2, 0.25) is 0 Å². The molecule has 0 bridgehead atoms. The van der Waals surface area contributed by atoms with E-state index in [2.05, 4.69) is 19.1 Å². The number of rotatable bonds is 1. The van der Waals surface area contributed by atoms with Gasteiger partial charge in [-0.3, -0.25) is 4.90 Å². The molecule has 3 nitrogen and oxygen atoms in total. The van der Waals surface area contributed by atoms with Gasteiger partial charge in [-0.1, -0.05) is 30.3 Å². The zero-order valence-electron chi connectivity index (χ0n) is 13.0. The summed E-state index contributed by atoms with van der Waals surface area (Å²) in [5.41, 5.74) is 0.471. The molecule has 0 N–H and O–H groups in total. The van der Waals surface area contributed by atoms with Gasteiger partial charge < -0.3 is 4.74 Å². The summed E-state index contributed by atoms with van der Waals surface area (Å²) >= 11 is 0. The van der Waals surface area contributed by atoms with E-state index in [-0.39, 0.29) is 11.6 Å². The Kier molecular flexibility index (Phi) is 4.07. The Balaban J connectivity index is 2.27. The lowest BCUT2D eigenvalue weighted by Gasteiger charge is -2.45. The second-order valence-corrected chi connectivity index (χ2v) is 6.73. The van der Waals surface area contributed by atoms with Crippen molar-refractivity contribution in [1.29, 1.82) is 0 Å². The quantitative estimate of drug-likeness (QED) is 0.763. The highest BCUT2D eigenvalue weighted by Crippen LogP contribution is 2.38. The van der Waals surface area contributed by atoms with Crippen molar-refractivity contribution in [2.24, 2.45) is 0 Å². The van der Waals surface area contributed by atoms with Crippen LogP contribution in [0.1, 0.15) is 52.5 Å². The third-order valence-corrected chi connectivity index (χ3v) is 3.90. The van der Waals surface area contributed by atoms with Crippen molar-refractivity contribution in [1.82, 2.24) is 4.90 Å². The molecule has 20 heavy (non-hydrogen) atoms. The minimum atomic E-state index is -0.452. The van der Waals surface area contributed by atoms with Crippen molar-refractivity contribution >= 4 is 6.09 Å². The Bertz CT molecular complexity index is 464. The SMILES string of the molecule is CC(C)(C)OC(=O)N1CCCC[C@]1(C)c1ccccc1. The highest BCUT2D eigenvalue weighted by molar-refractivity contribution is 5.69. The number of carbonyl (C=O) groups excluding carboxylic acids is 1. The van der Waals surface area contributed by atoms with Crippen LogP contribution in [0, 0.1) is 0 Å². The van der Waals surface area contributed by atoms with Gasteiger partial charge in [0.1, 0.15) is 5.60 Å². The van der Waals surface area contributed by atoms with Crippen LogP contribution in [0.3, 0.4) is 0 Å². The molecule has 1 aromatic rings. The van der Waals surface area contributed by atoms with Crippen LogP contribution in [0.25, 0.3) is 0 Å². The van der Waals surface area contributed by atoms with E-state index in [0.717, 1.165) is 25.8 Å². The van der Waals surface area contributed by atoms with E-state index in [9.17, 15) is 4.79 Å². The Labute approximate surface area is 121 Å². The first-order chi connectivity index (χ1) is 9.33. The van der Waals surface area contributed by atoms with Crippen LogP contribution >= 0.6 is 0 Å². The second-order valence-electron chi connectivity index (χ2n) is 6.73. The van der Waals surface area contributed by atoms with Gasteiger partial charge in [-0.2, -0.15) is 0 Å². The van der Waals surface area contributed by atoms with Gasteiger partial charge in [-0.05, 0) is 52.5 Å². The van der Waals surface area contributed by atoms with Crippen molar-refractivity contribution in [2.45, 2.75) is 58.1 Å². The maximum absolute atomic E-state index is 12.5. The third kappa shape index (κ3) is 3.14. The van der Waals surface area contributed by atoms with E-state index in [1.54, 1.807) is 0 Å². The molecule has 0 unspecified atom stereocenters. The van der Waals surface area contributed by atoms with E-state index in [4.69, 9.17) is 4.74 Å². The lowest BCUT2D eigenvalue weighted by Crippen LogP contribution is -2.52. The van der Waals surface area contributed by atoms with Gasteiger partial charge in [0.25, 0.3) is 0 Å². The zero-order chi connectivity index (χ0) is 14.8. The minimum Gasteiger partial charge on any atom is -0.444 e. The van der Waals surface area contributed by atoms with E-state index in [1.807, 2.05) is 43.9 Å². The number of amides is 1. The number of piperidine rings is 1. The van der Waals surface area contributed by atoms with E-state index < -0.39 is 5.60 Å². The number of ether oxygens (including phenoxy) is 1. The summed E-state index contributed by atoms with van der Waals surface area (Å²) in [6, 6.07) is 10.3. The van der Waals surface area contributed by atoms with E-state index in [1.165, 1.54) is 5.56 Å². The summed E-state index contributed by atoms with van der Waals surface area (Å²) in [4.78, 5) is 14.4. The van der Waals surface area contributed by atoms with Crippen LogP contribution in [0.15, 0.2) is 30.3 Å². The Hall–Kier alpha value is -1.51. The predicted octanol–water partition coefficient (Wildman–Crippen LogP) is 4.32. The largest absolute Gasteiger partial charge is 0.444 e. The van der Waals surface area contributed by atoms with Crippen LogP contribution in [0.4, 0.5) is 4.79 Å². The molecule has 1 amide bonds. The van der Waals surface area contributed by atoms with Crippen LogP contribution in [-0.4, -0.2) is 23.1 Å². The summed E-state index contributed by atoms with van der Waals surface area (Å²) in [5, 5.41) is 0. The average Bonchev–Trinajstić information content (AvgIpc) is 2.38. The lowest BCUT2D eigenvalue weighted by atomic mass is 9.82. The lowest BCUT2D eigenvalue weighted by molar-refractivity contribution is -0.0125. The molecule has 1 fully saturated rings. The molecule has 1 heterocycles. The van der Waals surface area contributed by atoms with Gasteiger partial charge in [0.05, 0.1) is 5.54 Å². The molecule has 0 radical (unpaired) electrons. The van der Waals surface area contributed by atoms with E-state index >= 15 is 0 Å². The molecule has 110 valence electrons. The topological polar surface area (TPSA) is 29.5 Å². The summed E-state index contributed by atoms with van der Waals surface area (Å²) in [6.45, 7) is 8.64. The summed E-state index contributed by atoms with van der Waals surface area (Å²) in [6.07, 6.45) is 2.96. The number of carbonyl (C=O) groups is 1. The highest BCUT2D eigenvalue weighted by Gasteiger charge is 2.40. The molecule has 1 aliphatic heterocycles. The van der Waals surface area contributed by atoms with Crippen molar-refractivity contribution < 1.29 is 9.53 Å². The number of nitrogens with zero attached hydrogens (tertiary/aromatic N) is 1. The maximum Gasteiger partial charge on any atom is 0.411 e. The van der Waals surface area contributed by atoms with Crippen LogP contribution in [-0.2, 0) is 10.3 Å². The fourth-order valence-corrected chi connectivity index (χ4v) is 2.83. The van der Waals surface area contributed by atoms with Gasteiger partial charge in [0.2, 0.25) is 0 Å². The molecular formula is C17H25NO2. The Morgan fingerprint density at radius 2 is 1.85 bits per heavy atom. The fraction of sp³-hybridized carbons (Fsp3) is 0.588. The molecule has 1 saturated heterocycles. The number of hydrogen-bond acceptors (Lipinski definition) is 2. The van der Waals surface area contributed by atoms with Crippen molar-refractivity contribution in [3.8, 4) is 0 Å². The van der Waals surface area contributed by atoms with Crippen LogP contribution in [0.5, 0.6) is 0 Å². The van der Waals surface area contributed by atoms with Gasteiger partial charge in [-0.25, -0.2) is 4.79 Å². The summed E-state index contributed by atoms with van der Waals surface area (Å²) < 4.78 is 5.58. The third-order valence-electron chi connectivity index (χ3n) is 3.90. The molecule has 1 atom stereocenters. The standard InChI is InChI=1S/C17H25NO2/c1-16(2,3)20-15(19)18-13-9-8-12-17(18,4)14-10-6-5-7-11-14/h5-7,10-11H,8-9,12-13H2,1-4H3/t17-/m1/s1. The summed E-state index contributed by atoms with van der Waals surface area (Å²) in [7, 11) is 0. The molecular weight excluding hydrogens is 250 g/mol. The van der Waals surface area contributed by atoms with Crippen molar-refractivity contribution in [3.05, 3.63) is 35.9 Å². The van der Waals surface area contributed by atoms with Gasteiger partial charge in [-0.15, -0.1) is 0 Å². The first kappa shape index (κ1) is 14.9. The maximum atomic E-state index is 12.5. The van der Waals surface area contributed by atoms with E-state index in [0.29, 0.717) is 0 Å². The van der Waals surface area contributed by atoms with Crippen molar-refractivity contribution in [3.63, 3.8) is 0 Å². The second kappa shape index (κ2) is 5.47. The molecule has 0 spiro atoms. The molecule has 0 aliphatic carbocycles. The van der Waals surface area contributed by atoms with Crippen molar-refractivity contribution in [2.75, 3.05) is 6.54 Å². The molecule has 3 heteroatoms. The molecule has 0 aromatic heterocycles. The Morgan fingerprint density at radius 1 is 1.20 bits per heavy atom. The fourth-order valence-electron chi connectivity index (χ4n) is 2.83. The number of likely N-dealkylation sites (tertiary alicyclic amines) is 1. The number of benzene rings is 1. The van der Waals surface area contributed by atoms with Gasteiger partial charge >= 0.3 is 6.09 Å². The molecule has 2 rings (SSSR count). The predicted molar refractivity (Wildman–Crippen MR) is 80.6 cm³/mol. The minimum absolute atomic E-state index is 0.205. The Morgan fingerprint density at radius 3 is 2.45 bits per heavy atom. The molecule has 1 aliphatic rings. The van der Waals surface area contributed by atoms with Crippen LogP contribution < -0.4 is 0 Å². The zero-order valence-corrected chi connectivity index (χ0v) is 13.0. The monoisotopic (exact) mass is 275 g/mol. The first-order valence-electron chi connectivity index (χ1n) is 7.39. The number of hydrogen-bond donors (Lipinski definition) is 0. The molecule has 0 saturated carbocycles. The smallest absolute Gasteiger partial charge is 0.411 e. The average molecular weight is 275 g/mol. The highest BCUT2D eigenvalue weighted by atomic mass is 16.6.